The van der Waals surface area contributed by atoms with E-state index in [1.54, 1.807) is 0 Å². The standard InChI is InChI=1S/C12H8Cl2N2O4S/c13-7-5-10(14)12(17)11(6-7)16-15-8-1-3-9(4-2-8)21(18,19)20/h1-6,17H,(H,18,19,20). The predicted octanol–water partition coefficient (Wildman–Crippen LogP) is 4.36. The zero-order chi connectivity index (χ0) is 15.6. The lowest BCUT2D eigenvalue weighted by Crippen LogP contribution is -1.96. The minimum atomic E-state index is -4.25. The average Bonchev–Trinajstić information content (AvgIpc) is 2.40. The van der Waals surface area contributed by atoms with E-state index in [0.717, 1.165) is 0 Å². The SMILES string of the molecule is O=S(=O)(O)c1ccc(N=Nc2cc(Cl)cc(Cl)c2O)cc1. The van der Waals surface area contributed by atoms with Gasteiger partial charge in [0.05, 0.1) is 15.6 Å². The summed E-state index contributed by atoms with van der Waals surface area (Å²) in [5, 5.41) is 17.6. The summed E-state index contributed by atoms with van der Waals surface area (Å²) in [5.41, 5.74) is 0.393. The number of hydrogen-bond acceptors (Lipinski definition) is 5. The second kappa shape index (κ2) is 5.98. The highest BCUT2D eigenvalue weighted by molar-refractivity contribution is 7.85. The fourth-order valence-corrected chi connectivity index (χ4v) is 2.39. The number of aromatic hydroxyl groups is 1. The van der Waals surface area contributed by atoms with E-state index < -0.39 is 10.1 Å². The van der Waals surface area contributed by atoms with Gasteiger partial charge in [-0.15, -0.1) is 5.11 Å². The number of azo groups is 1. The Bertz CT molecular complexity index is 805. The first kappa shape index (κ1) is 15.7. The lowest BCUT2D eigenvalue weighted by Gasteiger charge is -2.01. The van der Waals surface area contributed by atoms with E-state index in [0.29, 0.717) is 5.69 Å². The van der Waals surface area contributed by atoms with Gasteiger partial charge < -0.3 is 5.11 Å². The first-order chi connectivity index (χ1) is 9.77. The predicted molar refractivity (Wildman–Crippen MR) is 78.6 cm³/mol. The molecule has 6 nitrogen and oxygen atoms in total. The van der Waals surface area contributed by atoms with E-state index in [9.17, 15) is 13.5 Å². The van der Waals surface area contributed by atoms with Crippen LogP contribution in [0.25, 0.3) is 0 Å². The minimum absolute atomic E-state index is 0.0400. The van der Waals surface area contributed by atoms with Gasteiger partial charge in [0.2, 0.25) is 0 Å². The molecule has 9 heteroatoms. The third kappa shape index (κ3) is 3.92. The highest BCUT2D eigenvalue weighted by Gasteiger charge is 2.09. The molecule has 2 aromatic carbocycles. The van der Waals surface area contributed by atoms with Crippen molar-refractivity contribution in [3.8, 4) is 5.75 Å². The van der Waals surface area contributed by atoms with Crippen molar-refractivity contribution in [3.05, 3.63) is 46.4 Å². The maximum Gasteiger partial charge on any atom is 0.294 e. The minimum Gasteiger partial charge on any atom is -0.504 e. The van der Waals surface area contributed by atoms with Crippen LogP contribution in [0.1, 0.15) is 0 Å². The molecule has 0 aliphatic rings. The van der Waals surface area contributed by atoms with Crippen molar-refractivity contribution < 1.29 is 18.1 Å². The zero-order valence-corrected chi connectivity index (χ0v) is 12.6. The van der Waals surface area contributed by atoms with Crippen molar-refractivity contribution in [2.24, 2.45) is 10.2 Å². The highest BCUT2D eigenvalue weighted by atomic mass is 35.5. The van der Waals surface area contributed by atoms with Crippen molar-refractivity contribution in [3.63, 3.8) is 0 Å². The van der Waals surface area contributed by atoms with E-state index in [1.807, 2.05) is 0 Å². The molecule has 0 heterocycles. The van der Waals surface area contributed by atoms with Crippen LogP contribution in [0, 0.1) is 0 Å². The molecule has 0 saturated carbocycles. The number of benzene rings is 2. The molecule has 0 radical (unpaired) electrons. The summed E-state index contributed by atoms with van der Waals surface area (Å²) in [6.07, 6.45) is 0. The Morgan fingerprint density at radius 1 is 1.00 bits per heavy atom. The summed E-state index contributed by atoms with van der Waals surface area (Å²) in [4.78, 5) is -0.255. The van der Waals surface area contributed by atoms with Gasteiger partial charge in [-0.3, -0.25) is 4.55 Å². The molecule has 0 saturated heterocycles. The number of rotatable bonds is 3. The summed E-state index contributed by atoms with van der Waals surface area (Å²) in [6.45, 7) is 0. The Morgan fingerprint density at radius 2 is 1.62 bits per heavy atom. The maximum absolute atomic E-state index is 10.9. The van der Waals surface area contributed by atoms with Crippen LogP contribution in [0.15, 0.2) is 51.5 Å². The normalized spacial score (nSPS) is 12.0. The molecule has 0 aliphatic carbocycles. The Hall–Kier alpha value is -1.67. The third-order valence-corrected chi connectivity index (χ3v) is 3.79. The Labute approximate surface area is 130 Å². The van der Waals surface area contributed by atoms with Crippen LogP contribution < -0.4 is 0 Å². The Kier molecular flexibility index (Phi) is 4.48. The van der Waals surface area contributed by atoms with Gasteiger partial charge in [-0.25, -0.2) is 0 Å². The fraction of sp³-hybridized carbons (Fsp3) is 0. The first-order valence-corrected chi connectivity index (χ1v) is 7.64. The number of phenols is 1. The molecule has 0 amide bonds. The third-order valence-electron chi connectivity index (χ3n) is 2.42. The molecule has 21 heavy (non-hydrogen) atoms. The second-order valence-electron chi connectivity index (χ2n) is 3.92. The van der Waals surface area contributed by atoms with Crippen LogP contribution in [-0.4, -0.2) is 18.1 Å². The smallest absolute Gasteiger partial charge is 0.294 e. The summed E-state index contributed by atoms with van der Waals surface area (Å²) in [6, 6.07) is 7.77. The van der Waals surface area contributed by atoms with Gasteiger partial charge >= 0.3 is 0 Å². The number of hydrogen-bond donors (Lipinski definition) is 2. The van der Waals surface area contributed by atoms with Crippen molar-refractivity contribution in [2.75, 3.05) is 0 Å². The number of phenolic OH excluding ortho intramolecular Hbond substituents is 1. The lowest BCUT2D eigenvalue weighted by atomic mass is 10.3. The molecule has 2 aromatic rings. The first-order valence-electron chi connectivity index (χ1n) is 5.44. The van der Waals surface area contributed by atoms with Crippen molar-refractivity contribution in [1.82, 2.24) is 0 Å². The molecule has 2 rings (SSSR count). The molecule has 0 aromatic heterocycles. The van der Waals surface area contributed by atoms with Crippen LogP contribution in [-0.2, 0) is 10.1 Å². The monoisotopic (exact) mass is 346 g/mol. The molecule has 0 aliphatic heterocycles. The molecule has 0 fully saturated rings. The second-order valence-corrected chi connectivity index (χ2v) is 6.19. The molecule has 0 atom stereocenters. The van der Waals surface area contributed by atoms with Gasteiger partial charge in [0.25, 0.3) is 10.1 Å². The van der Waals surface area contributed by atoms with Crippen molar-refractivity contribution in [1.29, 1.82) is 0 Å². The Morgan fingerprint density at radius 3 is 2.19 bits per heavy atom. The van der Waals surface area contributed by atoms with E-state index in [1.165, 1.54) is 36.4 Å². The van der Waals surface area contributed by atoms with Crippen LogP contribution in [0.2, 0.25) is 10.0 Å². The highest BCUT2D eigenvalue weighted by Crippen LogP contribution is 2.37. The molecule has 0 bridgehead atoms. The van der Waals surface area contributed by atoms with Crippen LogP contribution >= 0.6 is 23.2 Å². The summed E-state index contributed by atoms with van der Waals surface area (Å²) in [5.74, 6) is -0.264. The van der Waals surface area contributed by atoms with Crippen LogP contribution in [0.5, 0.6) is 5.75 Å². The van der Waals surface area contributed by atoms with E-state index in [-0.39, 0.29) is 26.4 Å². The number of nitrogens with zero attached hydrogens (tertiary/aromatic N) is 2. The van der Waals surface area contributed by atoms with E-state index in [2.05, 4.69) is 10.2 Å². The van der Waals surface area contributed by atoms with Crippen molar-refractivity contribution in [2.45, 2.75) is 4.90 Å². The van der Waals surface area contributed by atoms with Crippen molar-refractivity contribution >= 4 is 44.7 Å². The summed E-state index contributed by atoms with van der Waals surface area (Å²) >= 11 is 11.5. The van der Waals surface area contributed by atoms with Gasteiger partial charge in [-0.1, -0.05) is 23.2 Å². The van der Waals surface area contributed by atoms with Gasteiger partial charge in [0, 0.05) is 5.02 Å². The van der Waals surface area contributed by atoms with E-state index in [4.69, 9.17) is 27.8 Å². The molecular weight excluding hydrogens is 339 g/mol. The molecule has 2 N–H and O–H groups in total. The maximum atomic E-state index is 10.9. The fourth-order valence-electron chi connectivity index (χ4n) is 1.43. The van der Waals surface area contributed by atoms with Crippen LogP contribution in [0.3, 0.4) is 0 Å². The van der Waals surface area contributed by atoms with E-state index >= 15 is 0 Å². The van der Waals surface area contributed by atoms with Gasteiger partial charge in [-0.05, 0) is 36.4 Å². The topological polar surface area (TPSA) is 99.3 Å². The molecule has 110 valence electrons. The zero-order valence-electron chi connectivity index (χ0n) is 10.2. The van der Waals surface area contributed by atoms with Gasteiger partial charge in [0.15, 0.2) is 5.75 Å². The van der Waals surface area contributed by atoms with Gasteiger partial charge in [0.1, 0.15) is 5.69 Å². The molecule has 0 unspecified atom stereocenters. The Balaban J connectivity index is 2.30. The summed E-state index contributed by atoms with van der Waals surface area (Å²) in [7, 11) is -4.25. The quantitative estimate of drug-likeness (QED) is 0.636. The lowest BCUT2D eigenvalue weighted by molar-refractivity contribution is 0.476. The van der Waals surface area contributed by atoms with Crippen LogP contribution in [0.4, 0.5) is 11.4 Å². The largest absolute Gasteiger partial charge is 0.504 e. The van der Waals surface area contributed by atoms with Gasteiger partial charge in [-0.2, -0.15) is 13.5 Å². The molecular formula is C12H8Cl2N2O4S. The number of halogens is 2. The average molecular weight is 347 g/mol. The summed E-state index contributed by atoms with van der Waals surface area (Å²) < 4.78 is 30.6. The molecule has 0 spiro atoms.